The van der Waals surface area contributed by atoms with E-state index in [1.165, 1.54) is 24.9 Å². The quantitative estimate of drug-likeness (QED) is 0.537. The molecule has 0 fully saturated rings. The number of rotatable bonds is 6. The fraction of sp³-hybridized carbons (Fsp3) is 0.176. The molecule has 3 aromatic rings. The maximum Gasteiger partial charge on any atom is 0.416 e. The molecule has 1 aromatic carbocycles. The minimum absolute atomic E-state index is 0.137. The van der Waals surface area contributed by atoms with E-state index >= 15 is 0 Å². The fourth-order valence-electron chi connectivity index (χ4n) is 2.43. The van der Waals surface area contributed by atoms with E-state index in [4.69, 9.17) is 4.42 Å². The Morgan fingerprint density at radius 1 is 1.15 bits per heavy atom. The lowest BCUT2D eigenvalue weighted by Gasteiger charge is -2.08. The molecule has 0 unspecified atom stereocenters. The van der Waals surface area contributed by atoms with Gasteiger partial charge in [0, 0.05) is 18.4 Å². The van der Waals surface area contributed by atoms with Crippen LogP contribution in [0.5, 0.6) is 0 Å². The summed E-state index contributed by atoms with van der Waals surface area (Å²) in [5.41, 5.74) is 0.614. The number of nitrogens with zero attached hydrogens (tertiary/aromatic N) is 2. The van der Waals surface area contributed by atoms with Crippen molar-refractivity contribution in [2.24, 2.45) is 0 Å². The average Bonchev–Trinajstić information content (AvgIpc) is 3.26. The summed E-state index contributed by atoms with van der Waals surface area (Å²) in [6.07, 6.45) is -0.728. The Kier molecular flexibility index (Phi) is 4.70. The number of carbonyl (C=O) groups excluding carboxylic acids is 2. The second-order valence-corrected chi connectivity index (χ2v) is 5.55. The third kappa shape index (κ3) is 3.88. The van der Waals surface area contributed by atoms with Crippen molar-refractivity contribution in [2.45, 2.75) is 19.0 Å². The number of hydrogen-bond donors (Lipinski definition) is 1. The van der Waals surface area contributed by atoms with Gasteiger partial charge < -0.3 is 4.42 Å². The van der Waals surface area contributed by atoms with Gasteiger partial charge in [-0.3, -0.25) is 14.7 Å². The number of furan rings is 1. The van der Waals surface area contributed by atoms with Crippen LogP contribution in [0, 0.1) is 0 Å². The lowest BCUT2D eigenvalue weighted by Crippen LogP contribution is -2.18. The lowest BCUT2D eigenvalue weighted by molar-refractivity contribution is -0.137. The number of hydrogen-bond acceptors (Lipinski definition) is 5. The predicted octanol–water partition coefficient (Wildman–Crippen LogP) is 3.00. The van der Waals surface area contributed by atoms with Crippen LogP contribution in [0.3, 0.4) is 0 Å². The number of benzene rings is 1. The van der Waals surface area contributed by atoms with Crippen molar-refractivity contribution in [1.29, 1.82) is 0 Å². The molecule has 0 saturated heterocycles. The number of Topliss-reactive ketones (excluding diaryl/α,β-unsaturated/α-hetero) is 2. The van der Waals surface area contributed by atoms with E-state index in [1.807, 2.05) is 0 Å². The van der Waals surface area contributed by atoms with Crippen LogP contribution >= 0.6 is 0 Å². The smallest absolute Gasteiger partial charge is 0.416 e. The Balaban J connectivity index is 1.75. The molecule has 0 aliphatic heterocycles. The van der Waals surface area contributed by atoms with E-state index < -0.39 is 23.3 Å². The molecule has 0 aliphatic carbocycles. The number of H-pyrrole nitrogens is 1. The largest absolute Gasteiger partial charge is 0.472 e. The van der Waals surface area contributed by atoms with Crippen LogP contribution < -0.4 is 0 Å². The topological polar surface area (TPSA) is 88.9 Å². The molecule has 2 heterocycles. The van der Waals surface area contributed by atoms with Gasteiger partial charge in [0.1, 0.15) is 6.33 Å². The van der Waals surface area contributed by atoms with Crippen LogP contribution in [0.1, 0.15) is 32.9 Å². The van der Waals surface area contributed by atoms with Gasteiger partial charge in [0.15, 0.2) is 0 Å². The fourth-order valence-corrected chi connectivity index (χ4v) is 2.43. The average molecular weight is 363 g/mol. The van der Waals surface area contributed by atoms with Crippen LogP contribution in [0.15, 0.2) is 47.5 Å². The van der Waals surface area contributed by atoms with Crippen LogP contribution in [0.2, 0.25) is 0 Å². The van der Waals surface area contributed by atoms with Crippen molar-refractivity contribution < 1.29 is 27.2 Å². The Hall–Kier alpha value is -3.23. The van der Waals surface area contributed by atoms with Crippen LogP contribution in [0.4, 0.5) is 13.2 Å². The monoisotopic (exact) mass is 363 g/mol. The Morgan fingerprint density at radius 2 is 1.92 bits per heavy atom. The minimum atomic E-state index is -4.44. The standard InChI is InChI=1S/C17H12F3N3O3/c18-17(19,20)13-3-1-2-10(5-13)4-11-7-26-8-12(11)6-14(24)15(25)16-21-9-22-23-16/h1-3,5,7-9H,4,6H2,(H,21,22,23). The zero-order valence-electron chi connectivity index (χ0n) is 13.2. The molecule has 2 aromatic heterocycles. The molecule has 3 rings (SSSR count). The summed E-state index contributed by atoms with van der Waals surface area (Å²) in [4.78, 5) is 27.6. The molecule has 134 valence electrons. The van der Waals surface area contributed by atoms with E-state index in [0.29, 0.717) is 16.7 Å². The zero-order valence-corrected chi connectivity index (χ0v) is 13.2. The summed E-state index contributed by atoms with van der Waals surface area (Å²) in [5.74, 6) is -1.83. The third-order valence-corrected chi connectivity index (χ3v) is 3.70. The Bertz CT molecular complexity index is 930. The summed E-state index contributed by atoms with van der Waals surface area (Å²) in [7, 11) is 0. The first-order chi connectivity index (χ1) is 12.3. The van der Waals surface area contributed by atoms with Crippen molar-refractivity contribution in [3.05, 3.63) is 71.2 Å². The molecular formula is C17H12F3N3O3. The van der Waals surface area contributed by atoms with Gasteiger partial charge in [-0.1, -0.05) is 18.2 Å². The van der Waals surface area contributed by atoms with Gasteiger partial charge in [0.2, 0.25) is 11.6 Å². The second kappa shape index (κ2) is 6.95. The van der Waals surface area contributed by atoms with Crippen molar-refractivity contribution in [3.63, 3.8) is 0 Å². The van der Waals surface area contributed by atoms with Crippen LogP contribution in [-0.4, -0.2) is 26.7 Å². The van der Waals surface area contributed by atoms with E-state index in [2.05, 4.69) is 15.2 Å². The number of alkyl halides is 3. The highest BCUT2D eigenvalue weighted by molar-refractivity contribution is 6.43. The van der Waals surface area contributed by atoms with E-state index in [0.717, 1.165) is 12.1 Å². The molecular weight excluding hydrogens is 351 g/mol. The third-order valence-electron chi connectivity index (χ3n) is 3.70. The summed E-state index contributed by atoms with van der Waals surface area (Å²) in [5, 5.41) is 5.89. The Labute approximate surface area is 145 Å². The SMILES string of the molecule is O=C(Cc1cocc1Cc1cccc(C(F)(F)F)c1)C(=O)c1nc[nH]n1. The molecule has 0 radical (unpaired) electrons. The molecule has 9 heteroatoms. The highest BCUT2D eigenvalue weighted by atomic mass is 19.4. The predicted molar refractivity (Wildman–Crippen MR) is 82.4 cm³/mol. The van der Waals surface area contributed by atoms with Crippen molar-refractivity contribution in [3.8, 4) is 0 Å². The van der Waals surface area contributed by atoms with Crippen LogP contribution in [-0.2, 0) is 23.8 Å². The zero-order chi connectivity index (χ0) is 18.7. The summed E-state index contributed by atoms with van der Waals surface area (Å²) in [6, 6.07) is 4.89. The maximum absolute atomic E-state index is 12.8. The lowest BCUT2D eigenvalue weighted by atomic mass is 9.98. The van der Waals surface area contributed by atoms with Gasteiger partial charge >= 0.3 is 6.18 Å². The molecule has 6 nitrogen and oxygen atoms in total. The van der Waals surface area contributed by atoms with Gasteiger partial charge in [0.05, 0.1) is 18.1 Å². The molecule has 26 heavy (non-hydrogen) atoms. The first-order valence-corrected chi connectivity index (χ1v) is 7.48. The number of carbonyl (C=O) groups is 2. The highest BCUT2D eigenvalue weighted by Gasteiger charge is 2.30. The highest BCUT2D eigenvalue weighted by Crippen LogP contribution is 2.30. The molecule has 0 bridgehead atoms. The Morgan fingerprint density at radius 3 is 2.62 bits per heavy atom. The van der Waals surface area contributed by atoms with Crippen LogP contribution in [0.25, 0.3) is 0 Å². The summed E-state index contributed by atoms with van der Waals surface area (Å²) in [6.45, 7) is 0. The number of nitrogens with one attached hydrogen (secondary N) is 1. The first kappa shape index (κ1) is 17.6. The van der Waals surface area contributed by atoms with E-state index in [-0.39, 0.29) is 18.7 Å². The minimum Gasteiger partial charge on any atom is -0.472 e. The first-order valence-electron chi connectivity index (χ1n) is 7.48. The molecule has 0 amide bonds. The van der Waals surface area contributed by atoms with Crippen molar-refractivity contribution in [2.75, 3.05) is 0 Å². The van der Waals surface area contributed by atoms with E-state index in [1.54, 1.807) is 6.07 Å². The van der Waals surface area contributed by atoms with Gasteiger partial charge in [-0.15, -0.1) is 5.10 Å². The molecule has 0 aliphatic rings. The molecule has 0 spiro atoms. The number of halogens is 3. The summed E-state index contributed by atoms with van der Waals surface area (Å²) < 4.78 is 43.5. The number of aromatic amines is 1. The molecule has 0 saturated carbocycles. The summed E-state index contributed by atoms with van der Waals surface area (Å²) >= 11 is 0. The number of aromatic nitrogens is 3. The van der Waals surface area contributed by atoms with Gasteiger partial charge in [-0.05, 0) is 17.2 Å². The van der Waals surface area contributed by atoms with E-state index in [9.17, 15) is 22.8 Å². The van der Waals surface area contributed by atoms with Gasteiger partial charge in [0.25, 0.3) is 5.78 Å². The maximum atomic E-state index is 12.8. The number of ketones is 2. The second-order valence-electron chi connectivity index (χ2n) is 5.55. The van der Waals surface area contributed by atoms with Gasteiger partial charge in [-0.2, -0.15) is 13.2 Å². The van der Waals surface area contributed by atoms with Crippen molar-refractivity contribution in [1.82, 2.24) is 15.2 Å². The van der Waals surface area contributed by atoms with Gasteiger partial charge in [-0.25, -0.2) is 4.98 Å². The normalized spacial score (nSPS) is 11.5. The molecule has 1 N–H and O–H groups in total. The molecule has 0 atom stereocenters. The van der Waals surface area contributed by atoms with Crippen molar-refractivity contribution >= 4 is 11.6 Å².